The van der Waals surface area contributed by atoms with Gasteiger partial charge >= 0.3 is 18.1 Å². The lowest BCUT2D eigenvalue weighted by Gasteiger charge is -2.27. The van der Waals surface area contributed by atoms with Crippen molar-refractivity contribution in [3.8, 4) is 5.69 Å². The number of hydrazone groups is 1. The minimum atomic E-state index is -6.42. The topological polar surface area (TPSA) is 32.6 Å². The van der Waals surface area contributed by atoms with E-state index in [4.69, 9.17) is 0 Å². The molecule has 1 heterocycles. The van der Waals surface area contributed by atoms with E-state index in [1.54, 1.807) is 24.5 Å². The van der Waals surface area contributed by atoms with Crippen LogP contribution in [0.4, 0.5) is 36.4 Å². The van der Waals surface area contributed by atoms with E-state index in [0.29, 0.717) is 16.8 Å². The van der Waals surface area contributed by atoms with Gasteiger partial charge in [-0.25, -0.2) is 5.43 Å². The Labute approximate surface area is 162 Å². The third-order valence-electron chi connectivity index (χ3n) is 4.25. The molecule has 0 saturated heterocycles. The largest absolute Gasteiger partial charge is 0.462 e. The van der Waals surface area contributed by atoms with Gasteiger partial charge in [-0.05, 0) is 44.2 Å². The van der Waals surface area contributed by atoms with Crippen LogP contribution in [0, 0.1) is 13.8 Å². The normalized spacial score (nSPS) is 13.2. The summed E-state index contributed by atoms with van der Waals surface area (Å²) in [5, 5.41) is 2.91. The lowest BCUT2D eigenvalue weighted by atomic mass is 10.2. The molecule has 0 spiro atoms. The molecule has 0 atom stereocenters. The highest BCUT2D eigenvalue weighted by Gasteiger charge is 2.73. The first-order chi connectivity index (χ1) is 13.2. The maximum atomic E-state index is 13.2. The smallest absolute Gasteiger partial charge is 0.378 e. The van der Waals surface area contributed by atoms with Crippen LogP contribution in [0.3, 0.4) is 0 Å². The first-order valence-corrected chi connectivity index (χ1v) is 8.28. The van der Waals surface area contributed by atoms with Crippen molar-refractivity contribution >= 4 is 11.9 Å². The van der Waals surface area contributed by atoms with Crippen LogP contribution < -0.4 is 10.3 Å². The molecule has 2 aromatic rings. The predicted molar refractivity (Wildman–Crippen MR) is 96.2 cm³/mol. The second-order valence-corrected chi connectivity index (χ2v) is 6.59. The van der Waals surface area contributed by atoms with Crippen LogP contribution in [-0.4, -0.2) is 43.0 Å². The SMILES string of the molecule is Cc1cc(/C=N/NC(F)(F)C(F)(F)C(F)(F)F)c(C)n1-c1ccc(N(C)C)cc1. The van der Waals surface area contributed by atoms with Crippen molar-refractivity contribution in [1.82, 2.24) is 9.99 Å². The Morgan fingerprint density at radius 3 is 2.00 bits per heavy atom. The molecule has 0 aliphatic heterocycles. The van der Waals surface area contributed by atoms with Crippen molar-refractivity contribution in [3.63, 3.8) is 0 Å². The second kappa shape index (κ2) is 7.60. The summed E-state index contributed by atoms with van der Waals surface area (Å²) in [4.78, 5) is 1.90. The number of alkyl halides is 7. The van der Waals surface area contributed by atoms with E-state index in [1.165, 1.54) is 0 Å². The second-order valence-electron chi connectivity index (χ2n) is 6.59. The number of aryl methyl sites for hydroxylation is 1. The summed E-state index contributed by atoms with van der Waals surface area (Å²) in [5.41, 5.74) is 3.83. The molecule has 11 heteroatoms. The zero-order valence-corrected chi connectivity index (χ0v) is 16.0. The van der Waals surface area contributed by atoms with Gasteiger partial charge in [-0.2, -0.15) is 35.8 Å². The average molecular weight is 424 g/mol. The Kier molecular flexibility index (Phi) is 5.91. The van der Waals surface area contributed by atoms with Gasteiger partial charge in [0.2, 0.25) is 0 Å². The molecule has 2 rings (SSSR count). The van der Waals surface area contributed by atoms with Gasteiger partial charge in [-0.1, -0.05) is 0 Å². The molecule has 0 unspecified atom stereocenters. The summed E-state index contributed by atoms with van der Waals surface area (Å²) in [6.07, 6.45) is -5.65. The van der Waals surface area contributed by atoms with Crippen LogP contribution in [0.15, 0.2) is 35.4 Å². The van der Waals surface area contributed by atoms with Gasteiger partial charge in [0.15, 0.2) is 0 Å². The van der Waals surface area contributed by atoms with E-state index in [9.17, 15) is 30.7 Å². The monoisotopic (exact) mass is 424 g/mol. The maximum absolute atomic E-state index is 13.2. The number of nitrogens with zero attached hydrogens (tertiary/aromatic N) is 3. The maximum Gasteiger partial charge on any atom is 0.462 e. The van der Waals surface area contributed by atoms with Crippen molar-refractivity contribution < 1.29 is 30.7 Å². The van der Waals surface area contributed by atoms with Crippen LogP contribution in [0.1, 0.15) is 17.0 Å². The number of aromatic nitrogens is 1. The quantitative estimate of drug-likeness (QED) is 0.311. The summed E-state index contributed by atoms with van der Waals surface area (Å²) >= 11 is 0. The Morgan fingerprint density at radius 2 is 1.52 bits per heavy atom. The lowest BCUT2D eigenvalue weighted by Crippen LogP contribution is -2.58. The van der Waals surface area contributed by atoms with Gasteiger partial charge in [-0.3, -0.25) is 0 Å². The van der Waals surface area contributed by atoms with E-state index in [0.717, 1.165) is 17.6 Å². The molecule has 4 nitrogen and oxygen atoms in total. The van der Waals surface area contributed by atoms with E-state index < -0.39 is 18.1 Å². The van der Waals surface area contributed by atoms with Crippen LogP contribution in [0.25, 0.3) is 5.69 Å². The molecule has 0 aliphatic carbocycles. The standard InChI is InChI=1S/C18H19F7N4/c1-11-9-13(10-26-27-18(24,25)16(19,20)17(21,22)23)12(2)29(11)15-7-5-14(6-8-15)28(3)4/h5-10,27H,1-4H3/b26-10+. The Morgan fingerprint density at radius 1 is 0.966 bits per heavy atom. The van der Waals surface area contributed by atoms with Crippen LogP contribution >= 0.6 is 0 Å². The molecule has 0 bridgehead atoms. The zero-order chi connectivity index (χ0) is 22.2. The molecule has 0 radical (unpaired) electrons. The van der Waals surface area contributed by atoms with E-state index in [-0.39, 0.29) is 5.56 Å². The van der Waals surface area contributed by atoms with Gasteiger partial charge in [0.25, 0.3) is 0 Å². The van der Waals surface area contributed by atoms with Crippen molar-refractivity contribution in [2.45, 2.75) is 32.0 Å². The predicted octanol–water partition coefficient (Wildman–Crippen LogP) is 4.87. The van der Waals surface area contributed by atoms with Gasteiger partial charge in [0.1, 0.15) is 0 Å². The summed E-state index contributed by atoms with van der Waals surface area (Å²) in [7, 11) is 3.75. The fraction of sp³-hybridized carbons (Fsp3) is 0.389. The average Bonchev–Trinajstić information content (AvgIpc) is 2.87. The van der Waals surface area contributed by atoms with Crippen LogP contribution in [0.5, 0.6) is 0 Å². The minimum absolute atomic E-state index is 0.276. The van der Waals surface area contributed by atoms with Crippen molar-refractivity contribution in [2.24, 2.45) is 5.10 Å². The zero-order valence-electron chi connectivity index (χ0n) is 16.0. The van der Waals surface area contributed by atoms with Crippen LogP contribution in [-0.2, 0) is 0 Å². The third kappa shape index (κ3) is 4.33. The van der Waals surface area contributed by atoms with E-state index in [2.05, 4.69) is 5.10 Å². The number of hydrogen-bond donors (Lipinski definition) is 1. The summed E-state index contributed by atoms with van der Waals surface area (Å²) in [5.74, 6) is -6.28. The fourth-order valence-electron chi connectivity index (χ4n) is 2.65. The fourth-order valence-corrected chi connectivity index (χ4v) is 2.65. The van der Waals surface area contributed by atoms with Gasteiger partial charge in [0, 0.05) is 42.4 Å². The molecule has 0 aliphatic rings. The number of rotatable bonds is 6. The molecule has 160 valence electrons. The van der Waals surface area contributed by atoms with Crippen LogP contribution in [0.2, 0.25) is 0 Å². The molecule has 0 amide bonds. The first-order valence-electron chi connectivity index (χ1n) is 8.28. The summed E-state index contributed by atoms with van der Waals surface area (Å²) in [6.45, 7) is 3.36. The van der Waals surface area contributed by atoms with Crippen molar-refractivity contribution in [1.29, 1.82) is 0 Å². The summed E-state index contributed by atoms with van der Waals surface area (Å²) in [6, 6.07) is 3.32. The van der Waals surface area contributed by atoms with E-state index in [1.807, 2.05) is 43.3 Å². The first kappa shape index (κ1) is 22.6. The number of halogens is 7. The third-order valence-corrected chi connectivity index (χ3v) is 4.25. The molecule has 1 N–H and O–H groups in total. The summed E-state index contributed by atoms with van der Waals surface area (Å²) < 4.78 is 90.4. The molecule has 29 heavy (non-hydrogen) atoms. The van der Waals surface area contributed by atoms with E-state index >= 15 is 0 Å². The number of anilines is 1. The lowest BCUT2D eigenvalue weighted by molar-refractivity contribution is -0.361. The molecular weight excluding hydrogens is 405 g/mol. The van der Waals surface area contributed by atoms with Crippen molar-refractivity contribution in [3.05, 3.63) is 47.3 Å². The highest BCUT2D eigenvalue weighted by atomic mass is 19.4. The highest BCUT2D eigenvalue weighted by Crippen LogP contribution is 2.45. The van der Waals surface area contributed by atoms with Crippen molar-refractivity contribution in [2.75, 3.05) is 19.0 Å². The highest BCUT2D eigenvalue weighted by molar-refractivity contribution is 5.82. The number of nitrogens with one attached hydrogen (secondary N) is 1. The molecule has 1 aromatic heterocycles. The Hall–Kier alpha value is -2.72. The van der Waals surface area contributed by atoms with Gasteiger partial charge in [0.05, 0.1) is 6.21 Å². The molecule has 1 aromatic carbocycles. The Balaban J connectivity index is 2.26. The van der Waals surface area contributed by atoms with Gasteiger partial charge in [-0.15, -0.1) is 0 Å². The molecule has 0 fully saturated rings. The molecular formula is C18H19F7N4. The van der Waals surface area contributed by atoms with Gasteiger partial charge < -0.3 is 9.47 Å². The molecule has 0 saturated carbocycles. The minimum Gasteiger partial charge on any atom is -0.378 e. The Bertz CT molecular complexity index is 881. The number of benzene rings is 1. The number of hydrogen-bond acceptors (Lipinski definition) is 3.